The third kappa shape index (κ3) is 5.71. The summed E-state index contributed by atoms with van der Waals surface area (Å²) in [5, 5.41) is 10.1. The van der Waals surface area contributed by atoms with Gasteiger partial charge in [-0.05, 0) is 80.5 Å². The lowest BCUT2D eigenvalue weighted by Gasteiger charge is -2.38. The molecule has 2 atom stereocenters. The van der Waals surface area contributed by atoms with Crippen molar-refractivity contribution in [3.63, 3.8) is 0 Å². The standard InChI is InChI=1S/C32H36F2N2O4/c1-32(2,3)40-31(38)36-15-13-35(14-16-36)22-7-11-27(29(19-22)39-4)30-24-12-8-23(37)17-20(24)5-9-26(30)25-10-6-21(33)18-28(25)34/h6-8,10-12,17-19,26,30,37H,5,9,13-16H2,1-4H3/t26-,30-/m0/s1. The summed E-state index contributed by atoms with van der Waals surface area (Å²) >= 11 is 0. The molecule has 0 unspecified atom stereocenters. The normalized spacial score (nSPS) is 19.2. The highest BCUT2D eigenvalue weighted by Gasteiger charge is 2.36. The maximum atomic E-state index is 15.1. The molecule has 0 radical (unpaired) electrons. The van der Waals surface area contributed by atoms with Gasteiger partial charge >= 0.3 is 6.09 Å². The molecule has 5 rings (SSSR count). The van der Waals surface area contributed by atoms with Crippen molar-refractivity contribution >= 4 is 11.8 Å². The van der Waals surface area contributed by atoms with Crippen molar-refractivity contribution in [2.24, 2.45) is 0 Å². The molecule has 1 heterocycles. The predicted molar refractivity (Wildman–Crippen MR) is 150 cm³/mol. The fourth-order valence-corrected chi connectivity index (χ4v) is 5.96. The Kier molecular flexibility index (Phi) is 7.62. The molecule has 6 nitrogen and oxygen atoms in total. The van der Waals surface area contributed by atoms with Gasteiger partial charge < -0.3 is 24.4 Å². The van der Waals surface area contributed by atoms with Gasteiger partial charge in [0, 0.05) is 55.5 Å². The minimum Gasteiger partial charge on any atom is -0.508 e. The van der Waals surface area contributed by atoms with Crippen molar-refractivity contribution in [1.82, 2.24) is 4.90 Å². The minimum atomic E-state index is -0.604. The van der Waals surface area contributed by atoms with E-state index in [1.165, 1.54) is 6.07 Å². The lowest BCUT2D eigenvalue weighted by atomic mass is 9.69. The first kappa shape index (κ1) is 27.7. The monoisotopic (exact) mass is 550 g/mol. The maximum Gasteiger partial charge on any atom is 0.410 e. The second-order valence-electron chi connectivity index (χ2n) is 11.6. The van der Waals surface area contributed by atoms with Crippen molar-refractivity contribution in [3.8, 4) is 11.5 Å². The number of phenols is 1. The van der Waals surface area contributed by atoms with Crippen LogP contribution in [0.2, 0.25) is 0 Å². The highest BCUT2D eigenvalue weighted by molar-refractivity contribution is 5.69. The lowest BCUT2D eigenvalue weighted by Crippen LogP contribution is -2.50. The molecule has 40 heavy (non-hydrogen) atoms. The zero-order chi connectivity index (χ0) is 28.6. The van der Waals surface area contributed by atoms with Gasteiger partial charge in [0.15, 0.2) is 0 Å². The Morgan fingerprint density at radius 1 is 0.925 bits per heavy atom. The number of aromatic hydroxyl groups is 1. The summed E-state index contributed by atoms with van der Waals surface area (Å²) in [6, 6.07) is 15.2. The van der Waals surface area contributed by atoms with E-state index in [-0.39, 0.29) is 23.7 Å². The Morgan fingerprint density at radius 3 is 2.30 bits per heavy atom. The number of rotatable bonds is 4. The van der Waals surface area contributed by atoms with Gasteiger partial charge in [0.2, 0.25) is 0 Å². The number of benzene rings is 3. The van der Waals surface area contributed by atoms with Crippen LogP contribution >= 0.6 is 0 Å². The van der Waals surface area contributed by atoms with E-state index >= 15 is 4.39 Å². The van der Waals surface area contributed by atoms with Crippen LogP contribution in [-0.2, 0) is 11.2 Å². The first-order valence-corrected chi connectivity index (χ1v) is 13.7. The number of fused-ring (bicyclic) bond motifs is 1. The number of hydrogen-bond donors (Lipinski definition) is 1. The molecule has 3 aromatic rings. The Morgan fingerprint density at radius 2 is 1.62 bits per heavy atom. The number of hydrogen-bond acceptors (Lipinski definition) is 5. The molecule has 0 spiro atoms. The molecule has 212 valence electrons. The van der Waals surface area contributed by atoms with Gasteiger partial charge in [-0.1, -0.05) is 18.2 Å². The van der Waals surface area contributed by atoms with E-state index in [2.05, 4.69) is 4.90 Å². The average Bonchev–Trinajstić information content (AvgIpc) is 2.91. The molecule has 1 N–H and O–H groups in total. The van der Waals surface area contributed by atoms with E-state index in [4.69, 9.17) is 9.47 Å². The van der Waals surface area contributed by atoms with Crippen LogP contribution < -0.4 is 9.64 Å². The first-order chi connectivity index (χ1) is 19.0. The maximum absolute atomic E-state index is 15.1. The number of halogens is 2. The van der Waals surface area contributed by atoms with Crippen LogP contribution in [-0.4, -0.2) is 55.0 Å². The second-order valence-corrected chi connectivity index (χ2v) is 11.6. The predicted octanol–water partition coefficient (Wildman–Crippen LogP) is 6.60. The molecule has 0 aromatic heterocycles. The van der Waals surface area contributed by atoms with Crippen LogP contribution in [0.1, 0.15) is 61.3 Å². The van der Waals surface area contributed by atoms with Crippen LogP contribution in [0.5, 0.6) is 11.5 Å². The van der Waals surface area contributed by atoms with Crippen molar-refractivity contribution in [2.75, 3.05) is 38.2 Å². The van der Waals surface area contributed by atoms with E-state index in [9.17, 15) is 14.3 Å². The first-order valence-electron chi connectivity index (χ1n) is 13.7. The van der Waals surface area contributed by atoms with Gasteiger partial charge in [-0.15, -0.1) is 0 Å². The third-order valence-corrected chi connectivity index (χ3v) is 7.80. The average molecular weight is 551 g/mol. The van der Waals surface area contributed by atoms with Crippen molar-refractivity contribution in [1.29, 1.82) is 0 Å². The number of carbonyl (C=O) groups excluding carboxylic acids is 1. The van der Waals surface area contributed by atoms with Crippen molar-refractivity contribution < 1.29 is 28.2 Å². The van der Waals surface area contributed by atoms with Crippen LogP contribution in [0.15, 0.2) is 54.6 Å². The summed E-state index contributed by atoms with van der Waals surface area (Å²) < 4.78 is 40.3. The number of ether oxygens (including phenoxy) is 2. The van der Waals surface area contributed by atoms with Crippen LogP contribution in [0.4, 0.5) is 19.3 Å². The number of amides is 1. The largest absolute Gasteiger partial charge is 0.508 e. The summed E-state index contributed by atoms with van der Waals surface area (Å²) in [4.78, 5) is 16.4. The summed E-state index contributed by atoms with van der Waals surface area (Å²) in [5.74, 6) is -0.794. The van der Waals surface area contributed by atoms with Gasteiger partial charge in [-0.2, -0.15) is 0 Å². The van der Waals surface area contributed by atoms with Crippen LogP contribution in [0, 0.1) is 11.6 Å². The van der Waals surface area contributed by atoms with Gasteiger partial charge in [0.05, 0.1) is 7.11 Å². The summed E-state index contributed by atoms with van der Waals surface area (Å²) in [7, 11) is 1.62. The fourth-order valence-electron chi connectivity index (χ4n) is 5.96. The lowest BCUT2D eigenvalue weighted by molar-refractivity contribution is 0.0240. The van der Waals surface area contributed by atoms with Gasteiger partial charge in [-0.25, -0.2) is 13.6 Å². The van der Waals surface area contributed by atoms with E-state index in [0.717, 1.165) is 28.4 Å². The number of methoxy groups -OCH3 is 1. The number of phenolic OH excluding ortho intramolecular Hbond substituents is 1. The number of anilines is 1. The van der Waals surface area contributed by atoms with Crippen molar-refractivity contribution in [3.05, 3.63) is 88.5 Å². The van der Waals surface area contributed by atoms with Crippen LogP contribution in [0.3, 0.4) is 0 Å². The SMILES string of the molecule is COc1cc(N2CCN(C(=O)OC(C)(C)C)CC2)ccc1[C@H]1c2ccc(O)cc2CC[C@H]1c1ccc(F)cc1F. The molecule has 1 fully saturated rings. The fraction of sp³-hybridized carbons (Fsp3) is 0.406. The summed E-state index contributed by atoms with van der Waals surface area (Å²) in [6.07, 6.45) is 1.01. The Hall–Kier alpha value is -3.81. The molecular formula is C32H36F2N2O4. The van der Waals surface area contributed by atoms with E-state index < -0.39 is 17.2 Å². The van der Waals surface area contributed by atoms with E-state index in [1.807, 2.05) is 45.0 Å². The number of piperazine rings is 1. The summed E-state index contributed by atoms with van der Waals surface area (Å²) in [5.41, 5.74) is 3.80. The molecule has 0 bridgehead atoms. The zero-order valence-corrected chi connectivity index (χ0v) is 23.4. The number of aryl methyl sites for hydroxylation is 1. The van der Waals surface area contributed by atoms with E-state index in [0.29, 0.717) is 50.3 Å². The van der Waals surface area contributed by atoms with Crippen LogP contribution in [0.25, 0.3) is 0 Å². The topological polar surface area (TPSA) is 62.2 Å². The molecule has 1 amide bonds. The molecule has 2 aliphatic rings. The second kappa shape index (κ2) is 11.0. The Bertz CT molecular complexity index is 1400. The number of carbonyl (C=O) groups is 1. The highest BCUT2D eigenvalue weighted by Crippen LogP contribution is 2.50. The molecular weight excluding hydrogens is 514 g/mol. The van der Waals surface area contributed by atoms with Crippen molar-refractivity contribution in [2.45, 2.75) is 51.0 Å². The van der Waals surface area contributed by atoms with E-state index in [1.54, 1.807) is 30.2 Å². The van der Waals surface area contributed by atoms with Gasteiger partial charge in [0.1, 0.15) is 28.7 Å². The molecule has 0 saturated carbocycles. The molecule has 1 aliphatic carbocycles. The quantitative estimate of drug-likeness (QED) is 0.397. The molecule has 3 aromatic carbocycles. The molecule has 1 aliphatic heterocycles. The van der Waals surface area contributed by atoms with Gasteiger partial charge in [0.25, 0.3) is 0 Å². The Balaban J connectivity index is 1.46. The number of nitrogens with zero attached hydrogens (tertiary/aromatic N) is 2. The smallest absolute Gasteiger partial charge is 0.410 e. The summed E-state index contributed by atoms with van der Waals surface area (Å²) in [6.45, 7) is 7.97. The molecule has 1 saturated heterocycles. The minimum absolute atomic E-state index is 0.191. The third-order valence-electron chi connectivity index (χ3n) is 7.80. The zero-order valence-electron chi connectivity index (χ0n) is 23.4. The van der Waals surface area contributed by atoms with Gasteiger partial charge in [-0.3, -0.25) is 0 Å². The molecule has 8 heteroatoms. The Labute approximate surface area is 234 Å². The highest BCUT2D eigenvalue weighted by atomic mass is 19.1.